The molecular formula is C20H21N. The molecule has 0 fully saturated rings. The van der Waals surface area contributed by atoms with Gasteiger partial charge in [0, 0.05) is 17.9 Å². The van der Waals surface area contributed by atoms with E-state index in [0.29, 0.717) is 5.92 Å². The van der Waals surface area contributed by atoms with Crippen LogP contribution in [0, 0.1) is 0 Å². The predicted molar refractivity (Wildman–Crippen MR) is 87.8 cm³/mol. The molecule has 1 N–H and O–H groups in total. The summed E-state index contributed by atoms with van der Waals surface area (Å²) in [6.07, 6.45) is 7.22. The second kappa shape index (κ2) is 4.85. The lowest BCUT2D eigenvalue weighted by molar-refractivity contribution is 0.439. The van der Waals surface area contributed by atoms with Gasteiger partial charge in [-0.05, 0) is 42.1 Å². The van der Waals surface area contributed by atoms with Gasteiger partial charge in [-0.25, -0.2) is 0 Å². The summed E-state index contributed by atoms with van der Waals surface area (Å²) in [5, 5.41) is 3.22. The lowest BCUT2D eigenvalue weighted by atomic mass is 9.55. The van der Waals surface area contributed by atoms with E-state index in [1.165, 1.54) is 35.1 Å². The molecule has 1 heteroatoms. The number of benzene rings is 2. The largest absolute Gasteiger partial charge is 0.316 e. The molecule has 0 aromatic heterocycles. The maximum absolute atomic E-state index is 3.22. The molecule has 2 aromatic rings. The minimum absolute atomic E-state index is 0.0821. The van der Waals surface area contributed by atoms with Crippen molar-refractivity contribution in [1.82, 2.24) is 5.32 Å². The van der Waals surface area contributed by atoms with Gasteiger partial charge in [0.2, 0.25) is 0 Å². The summed E-state index contributed by atoms with van der Waals surface area (Å²) in [6.45, 7) is 0.926. The van der Waals surface area contributed by atoms with Gasteiger partial charge in [-0.15, -0.1) is 0 Å². The van der Waals surface area contributed by atoms with Crippen LogP contribution >= 0.6 is 0 Å². The van der Waals surface area contributed by atoms with Gasteiger partial charge in [-0.3, -0.25) is 0 Å². The highest BCUT2D eigenvalue weighted by Gasteiger charge is 2.46. The first kappa shape index (κ1) is 12.8. The first-order valence-corrected chi connectivity index (χ1v) is 7.88. The molecule has 5 rings (SSSR count). The Balaban J connectivity index is 1.96. The number of rotatable bonds is 3. The van der Waals surface area contributed by atoms with Gasteiger partial charge in [0.25, 0.3) is 0 Å². The van der Waals surface area contributed by atoms with Crippen molar-refractivity contribution in [3.05, 3.63) is 82.9 Å². The Morgan fingerprint density at radius 2 is 1.67 bits per heavy atom. The lowest BCUT2D eigenvalue weighted by Gasteiger charge is -2.48. The summed E-state index contributed by atoms with van der Waals surface area (Å²) in [7, 11) is 2.00. The van der Waals surface area contributed by atoms with E-state index in [4.69, 9.17) is 0 Å². The van der Waals surface area contributed by atoms with E-state index >= 15 is 0 Å². The molecule has 3 aliphatic rings. The molecule has 0 atom stereocenters. The zero-order valence-corrected chi connectivity index (χ0v) is 12.5. The summed E-state index contributed by atoms with van der Waals surface area (Å²) in [5.74, 6) is 0.594. The van der Waals surface area contributed by atoms with Crippen molar-refractivity contribution in [3.63, 3.8) is 0 Å². The van der Waals surface area contributed by atoms with Crippen LogP contribution in [0.15, 0.2) is 60.7 Å². The van der Waals surface area contributed by atoms with E-state index in [-0.39, 0.29) is 5.41 Å². The monoisotopic (exact) mass is 275 g/mol. The Bertz CT molecular complexity index is 651. The van der Waals surface area contributed by atoms with Crippen molar-refractivity contribution >= 4 is 0 Å². The van der Waals surface area contributed by atoms with E-state index in [1.54, 1.807) is 0 Å². The van der Waals surface area contributed by atoms with Crippen LogP contribution in [-0.2, 0) is 5.41 Å². The number of likely N-dealkylation sites (N-methyl/N-ethyl adjacent to an activating group) is 1. The number of fused-ring (bicyclic) bond motifs is 1. The van der Waals surface area contributed by atoms with E-state index in [0.717, 1.165) is 6.54 Å². The van der Waals surface area contributed by atoms with Crippen molar-refractivity contribution in [2.75, 3.05) is 13.6 Å². The van der Waals surface area contributed by atoms with Crippen LogP contribution in [0.25, 0.3) is 0 Å². The molecule has 3 aliphatic carbocycles. The zero-order valence-electron chi connectivity index (χ0n) is 12.5. The molecule has 1 nitrogen and oxygen atoms in total. The summed E-state index contributed by atoms with van der Waals surface area (Å²) >= 11 is 0. The molecule has 0 heterocycles. The normalized spacial score (nSPS) is 25.9. The standard InChI is InChI=1S/C20H21N/c1-21-14-6-12-20-13-11-15(16-7-2-4-9-18(16)20)17-8-3-5-10-19(17)20/h2-10,12,15,21H,11,13-14H2,1H3/b12-6-. The van der Waals surface area contributed by atoms with Crippen LogP contribution in [0.2, 0.25) is 0 Å². The van der Waals surface area contributed by atoms with Crippen LogP contribution in [0.3, 0.4) is 0 Å². The SMILES string of the molecule is CNC/C=C\C12CCC(c3ccccc31)c1ccccc12. The number of hydrogen-bond donors (Lipinski definition) is 1. The second-order valence-corrected chi connectivity index (χ2v) is 6.20. The third-order valence-electron chi connectivity index (χ3n) is 5.19. The van der Waals surface area contributed by atoms with Crippen molar-refractivity contribution in [1.29, 1.82) is 0 Å². The van der Waals surface area contributed by atoms with Crippen LogP contribution in [-0.4, -0.2) is 13.6 Å². The highest BCUT2D eigenvalue weighted by atomic mass is 14.8. The van der Waals surface area contributed by atoms with Gasteiger partial charge in [0.05, 0.1) is 0 Å². The molecule has 106 valence electrons. The fraction of sp³-hybridized carbons (Fsp3) is 0.300. The first-order chi connectivity index (χ1) is 10.4. The molecule has 0 aliphatic heterocycles. The van der Waals surface area contributed by atoms with Crippen LogP contribution in [0.4, 0.5) is 0 Å². The number of hydrogen-bond acceptors (Lipinski definition) is 1. The molecule has 0 spiro atoms. The molecule has 21 heavy (non-hydrogen) atoms. The Kier molecular flexibility index (Phi) is 2.97. The number of allylic oxidation sites excluding steroid dienone is 1. The smallest absolute Gasteiger partial charge is 0.0388 e. The van der Waals surface area contributed by atoms with Crippen molar-refractivity contribution < 1.29 is 0 Å². The maximum atomic E-state index is 3.22. The molecule has 2 bridgehead atoms. The van der Waals surface area contributed by atoms with Crippen molar-refractivity contribution in [3.8, 4) is 0 Å². The minimum atomic E-state index is 0.0821. The van der Waals surface area contributed by atoms with E-state index in [1.807, 2.05) is 7.05 Å². The lowest BCUT2D eigenvalue weighted by Crippen LogP contribution is -2.38. The predicted octanol–water partition coefficient (Wildman–Crippen LogP) is 3.99. The molecule has 0 amide bonds. The van der Waals surface area contributed by atoms with Crippen molar-refractivity contribution in [2.24, 2.45) is 0 Å². The van der Waals surface area contributed by atoms with Crippen LogP contribution in [0.1, 0.15) is 41.0 Å². The molecule has 0 saturated carbocycles. The van der Waals surface area contributed by atoms with Gasteiger partial charge in [0.15, 0.2) is 0 Å². The topological polar surface area (TPSA) is 12.0 Å². The van der Waals surface area contributed by atoms with Gasteiger partial charge in [0.1, 0.15) is 0 Å². The molecule has 2 aromatic carbocycles. The Labute approximate surface area is 126 Å². The number of nitrogens with one attached hydrogen (secondary N) is 1. The quantitative estimate of drug-likeness (QED) is 0.835. The molecule has 0 radical (unpaired) electrons. The fourth-order valence-electron chi connectivity index (χ4n) is 4.32. The Morgan fingerprint density at radius 3 is 2.29 bits per heavy atom. The third-order valence-corrected chi connectivity index (χ3v) is 5.19. The van der Waals surface area contributed by atoms with Gasteiger partial charge < -0.3 is 5.32 Å². The van der Waals surface area contributed by atoms with Gasteiger partial charge >= 0.3 is 0 Å². The highest BCUT2D eigenvalue weighted by Crippen LogP contribution is 2.56. The first-order valence-electron chi connectivity index (χ1n) is 7.88. The molecule has 0 unspecified atom stereocenters. The maximum Gasteiger partial charge on any atom is 0.0388 e. The van der Waals surface area contributed by atoms with E-state index in [2.05, 4.69) is 66.0 Å². The highest BCUT2D eigenvalue weighted by molar-refractivity contribution is 5.61. The minimum Gasteiger partial charge on any atom is -0.316 e. The van der Waals surface area contributed by atoms with Crippen LogP contribution in [0.5, 0.6) is 0 Å². The third kappa shape index (κ3) is 1.74. The fourth-order valence-corrected chi connectivity index (χ4v) is 4.32. The zero-order chi connectivity index (χ0) is 14.3. The van der Waals surface area contributed by atoms with E-state index in [9.17, 15) is 0 Å². The second-order valence-electron chi connectivity index (χ2n) is 6.20. The average molecular weight is 275 g/mol. The summed E-state index contributed by atoms with van der Waals surface area (Å²) in [4.78, 5) is 0. The van der Waals surface area contributed by atoms with Gasteiger partial charge in [-0.2, -0.15) is 0 Å². The summed E-state index contributed by atoms with van der Waals surface area (Å²) in [5.41, 5.74) is 6.20. The Hall–Kier alpha value is -1.86. The van der Waals surface area contributed by atoms with E-state index < -0.39 is 0 Å². The Morgan fingerprint density at radius 1 is 1.05 bits per heavy atom. The summed E-state index contributed by atoms with van der Waals surface area (Å²) < 4.78 is 0. The molecule has 0 saturated heterocycles. The van der Waals surface area contributed by atoms with Crippen molar-refractivity contribution in [2.45, 2.75) is 24.2 Å². The average Bonchev–Trinajstić information content (AvgIpc) is 2.56. The molecular weight excluding hydrogens is 254 g/mol. The van der Waals surface area contributed by atoms with Crippen LogP contribution < -0.4 is 5.32 Å². The van der Waals surface area contributed by atoms with Gasteiger partial charge in [-0.1, -0.05) is 60.7 Å². The summed E-state index contributed by atoms with van der Waals surface area (Å²) in [6, 6.07) is 18.1.